The van der Waals surface area contributed by atoms with E-state index in [4.69, 9.17) is 10.2 Å². The molecule has 4 nitrogen and oxygen atoms in total. The highest BCUT2D eigenvalue weighted by atomic mass is 16.3. The van der Waals surface area contributed by atoms with Crippen molar-refractivity contribution in [2.45, 2.75) is 25.7 Å². The van der Waals surface area contributed by atoms with Gasteiger partial charge in [0, 0.05) is 26.3 Å². The van der Waals surface area contributed by atoms with Crippen LogP contribution in [-0.4, -0.2) is 49.6 Å². The minimum absolute atomic E-state index is 0.293. The molecule has 0 radical (unpaired) electrons. The second kappa shape index (κ2) is 12.8. The highest BCUT2D eigenvalue weighted by Gasteiger charge is 1.89. The van der Waals surface area contributed by atoms with Gasteiger partial charge in [0.2, 0.25) is 0 Å². The molecule has 14 heavy (non-hydrogen) atoms. The van der Waals surface area contributed by atoms with Gasteiger partial charge in [0.25, 0.3) is 0 Å². The Morgan fingerprint density at radius 2 is 1.00 bits per heavy atom. The van der Waals surface area contributed by atoms with Crippen LogP contribution in [0.25, 0.3) is 0 Å². The van der Waals surface area contributed by atoms with Gasteiger partial charge in [-0.15, -0.1) is 0 Å². The number of nitrogens with one attached hydrogen (secondary N) is 2. The predicted molar refractivity (Wildman–Crippen MR) is 58.4 cm³/mol. The van der Waals surface area contributed by atoms with Gasteiger partial charge in [-0.2, -0.15) is 0 Å². The molecule has 0 unspecified atom stereocenters. The van der Waals surface area contributed by atoms with Crippen molar-refractivity contribution in [2.24, 2.45) is 0 Å². The first-order chi connectivity index (χ1) is 6.91. The summed E-state index contributed by atoms with van der Waals surface area (Å²) in [5.41, 5.74) is 0. The first kappa shape index (κ1) is 13.8. The molecule has 0 saturated carbocycles. The van der Waals surface area contributed by atoms with Crippen LogP contribution in [0.15, 0.2) is 0 Å². The average Bonchev–Trinajstić information content (AvgIpc) is 2.21. The van der Waals surface area contributed by atoms with E-state index in [2.05, 4.69) is 10.6 Å². The summed E-state index contributed by atoms with van der Waals surface area (Å²) in [7, 11) is 0. The van der Waals surface area contributed by atoms with Crippen molar-refractivity contribution in [1.82, 2.24) is 10.6 Å². The summed E-state index contributed by atoms with van der Waals surface area (Å²) >= 11 is 0. The topological polar surface area (TPSA) is 64.5 Å². The van der Waals surface area contributed by atoms with Crippen molar-refractivity contribution in [1.29, 1.82) is 0 Å². The molecule has 0 aliphatic rings. The van der Waals surface area contributed by atoms with Crippen LogP contribution in [0.4, 0.5) is 0 Å². The molecular formula is C10H24N2O2. The summed E-state index contributed by atoms with van der Waals surface area (Å²) < 4.78 is 0. The number of aliphatic hydroxyl groups excluding tert-OH is 2. The van der Waals surface area contributed by atoms with E-state index in [0.29, 0.717) is 13.2 Å². The Morgan fingerprint density at radius 3 is 1.36 bits per heavy atom. The van der Waals surface area contributed by atoms with Crippen LogP contribution in [0.1, 0.15) is 25.7 Å². The van der Waals surface area contributed by atoms with Crippen molar-refractivity contribution >= 4 is 0 Å². The van der Waals surface area contributed by atoms with E-state index in [1.54, 1.807) is 0 Å². The second-order valence-corrected chi connectivity index (χ2v) is 3.36. The fourth-order valence-electron chi connectivity index (χ4n) is 1.15. The first-order valence-electron chi connectivity index (χ1n) is 5.55. The van der Waals surface area contributed by atoms with E-state index in [-0.39, 0.29) is 0 Å². The lowest BCUT2D eigenvalue weighted by Crippen LogP contribution is -2.28. The van der Waals surface area contributed by atoms with E-state index in [1.165, 1.54) is 0 Å². The third kappa shape index (κ3) is 11.8. The lowest BCUT2D eigenvalue weighted by Gasteiger charge is -2.05. The van der Waals surface area contributed by atoms with Crippen molar-refractivity contribution in [3.05, 3.63) is 0 Å². The fraction of sp³-hybridized carbons (Fsp3) is 1.00. The number of hydrogen-bond donors (Lipinski definition) is 4. The van der Waals surface area contributed by atoms with Crippen LogP contribution in [0.2, 0.25) is 0 Å². The normalized spacial score (nSPS) is 10.7. The monoisotopic (exact) mass is 204 g/mol. The Hall–Kier alpha value is -0.160. The molecule has 0 amide bonds. The van der Waals surface area contributed by atoms with E-state index < -0.39 is 0 Å². The largest absolute Gasteiger partial charge is 0.396 e. The molecule has 0 rings (SSSR count). The highest BCUT2D eigenvalue weighted by molar-refractivity contribution is 4.52. The van der Waals surface area contributed by atoms with Gasteiger partial charge in [-0.25, -0.2) is 0 Å². The zero-order valence-electron chi connectivity index (χ0n) is 8.97. The van der Waals surface area contributed by atoms with Crippen LogP contribution in [0.5, 0.6) is 0 Å². The van der Waals surface area contributed by atoms with Crippen molar-refractivity contribution in [3.63, 3.8) is 0 Å². The van der Waals surface area contributed by atoms with Crippen molar-refractivity contribution in [2.75, 3.05) is 39.4 Å². The Balaban J connectivity index is 2.78. The summed E-state index contributed by atoms with van der Waals surface area (Å²) in [4.78, 5) is 0. The van der Waals surface area contributed by atoms with Gasteiger partial charge in [0.05, 0.1) is 0 Å². The Morgan fingerprint density at radius 1 is 0.571 bits per heavy atom. The maximum Gasteiger partial charge on any atom is 0.0431 e. The van der Waals surface area contributed by atoms with Gasteiger partial charge in [-0.05, 0) is 38.8 Å². The molecule has 0 aliphatic carbocycles. The second-order valence-electron chi connectivity index (χ2n) is 3.36. The van der Waals surface area contributed by atoms with Crippen LogP contribution in [-0.2, 0) is 0 Å². The molecule has 0 aromatic rings. The van der Waals surface area contributed by atoms with E-state index in [9.17, 15) is 0 Å². The summed E-state index contributed by atoms with van der Waals surface area (Å²) in [6, 6.07) is 0. The molecule has 0 fully saturated rings. The zero-order valence-corrected chi connectivity index (χ0v) is 8.97. The number of aliphatic hydroxyl groups is 2. The third-order valence-corrected chi connectivity index (χ3v) is 2.00. The SMILES string of the molecule is OCCCCNCCNCCCCO. The van der Waals surface area contributed by atoms with Crippen LogP contribution >= 0.6 is 0 Å². The molecule has 0 spiro atoms. The van der Waals surface area contributed by atoms with Gasteiger partial charge < -0.3 is 20.8 Å². The van der Waals surface area contributed by atoms with Crippen molar-refractivity contribution in [3.8, 4) is 0 Å². The smallest absolute Gasteiger partial charge is 0.0431 e. The maximum atomic E-state index is 8.53. The van der Waals surface area contributed by atoms with E-state index >= 15 is 0 Å². The number of unbranched alkanes of at least 4 members (excludes halogenated alkanes) is 2. The standard InChI is InChI=1S/C10H24N2O2/c13-9-3-1-5-11-7-8-12-6-2-4-10-14/h11-14H,1-10H2. The minimum atomic E-state index is 0.293. The molecule has 0 atom stereocenters. The summed E-state index contributed by atoms with van der Waals surface area (Å²) in [6.07, 6.45) is 3.86. The summed E-state index contributed by atoms with van der Waals surface area (Å²) in [6.45, 7) is 4.51. The predicted octanol–water partition coefficient (Wildman–Crippen LogP) is -0.289. The van der Waals surface area contributed by atoms with E-state index in [0.717, 1.165) is 51.9 Å². The Bertz CT molecular complexity index is 90.1. The third-order valence-electron chi connectivity index (χ3n) is 2.00. The minimum Gasteiger partial charge on any atom is -0.396 e. The molecule has 0 saturated heterocycles. The molecule has 86 valence electrons. The first-order valence-corrected chi connectivity index (χ1v) is 5.55. The van der Waals surface area contributed by atoms with Crippen molar-refractivity contribution < 1.29 is 10.2 Å². The fourth-order valence-corrected chi connectivity index (χ4v) is 1.15. The Labute approximate surface area is 86.7 Å². The van der Waals surface area contributed by atoms with Gasteiger partial charge in [0.1, 0.15) is 0 Å². The van der Waals surface area contributed by atoms with Crippen LogP contribution in [0, 0.1) is 0 Å². The zero-order chi connectivity index (χ0) is 10.5. The molecular weight excluding hydrogens is 180 g/mol. The molecule has 0 bridgehead atoms. The van der Waals surface area contributed by atoms with Crippen LogP contribution < -0.4 is 10.6 Å². The molecule has 0 aromatic heterocycles. The number of hydrogen-bond acceptors (Lipinski definition) is 4. The van der Waals surface area contributed by atoms with Gasteiger partial charge >= 0.3 is 0 Å². The van der Waals surface area contributed by atoms with Gasteiger partial charge in [-0.1, -0.05) is 0 Å². The van der Waals surface area contributed by atoms with Gasteiger partial charge in [-0.3, -0.25) is 0 Å². The van der Waals surface area contributed by atoms with E-state index in [1.807, 2.05) is 0 Å². The molecule has 0 aromatic carbocycles. The molecule has 4 N–H and O–H groups in total. The summed E-state index contributed by atoms with van der Waals surface area (Å²) in [5.74, 6) is 0. The molecule has 0 aliphatic heterocycles. The highest BCUT2D eigenvalue weighted by Crippen LogP contribution is 1.84. The lowest BCUT2D eigenvalue weighted by molar-refractivity contribution is 0.282. The quantitative estimate of drug-likeness (QED) is 0.349. The van der Waals surface area contributed by atoms with Crippen LogP contribution in [0.3, 0.4) is 0 Å². The molecule has 4 heteroatoms. The Kier molecular flexibility index (Phi) is 12.7. The number of rotatable bonds is 11. The summed E-state index contributed by atoms with van der Waals surface area (Å²) in [5, 5.41) is 23.6. The maximum absolute atomic E-state index is 8.53. The van der Waals surface area contributed by atoms with Gasteiger partial charge in [0.15, 0.2) is 0 Å². The lowest BCUT2D eigenvalue weighted by atomic mass is 10.3. The molecule has 0 heterocycles. The average molecular weight is 204 g/mol.